The fourth-order valence-corrected chi connectivity index (χ4v) is 2.92. The van der Waals surface area contributed by atoms with E-state index in [4.69, 9.17) is 0 Å². The molecule has 0 aliphatic carbocycles. The minimum Gasteiger partial charge on any atom is -0.312 e. The van der Waals surface area contributed by atoms with Crippen LogP contribution in [0.25, 0.3) is 0 Å². The molecule has 2 atom stereocenters. The molecular weight excluding hydrogens is 196 g/mol. The molecule has 0 aromatic carbocycles. The van der Waals surface area contributed by atoms with Gasteiger partial charge in [0.1, 0.15) is 0 Å². The highest BCUT2D eigenvalue weighted by atomic mass is 15.2. The second-order valence-corrected chi connectivity index (χ2v) is 6.66. The topological polar surface area (TPSA) is 15.3 Å². The molecule has 2 heterocycles. The molecule has 2 rings (SSSR count). The highest BCUT2D eigenvalue weighted by Gasteiger charge is 2.37. The van der Waals surface area contributed by atoms with Crippen molar-refractivity contribution < 1.29 is 0 Å². The van der Waals surface area contributed by atoms with Crippen LogP contribution in [-0.2, 0) is 0 Å². The van der Waals surface area contributed by atoms with E-state index in [-0.39, 0.29) is 0 Å². The zero-order valence-corrected chi connectivity index (χ0v) is 11.4. The zero-order valence-electron chi connectivity index (χ0n) is 11.4. The van der Waals surface area contributed by atoms with Crippen LogP contribution in [0.2, 0.25) is 0 Å². The fourth-order valence-electron chi connectivity index (χ4n) is 2.92. The number of nitrogens with one attached hydrogen (secondary N) is 1. The first kappa shape index (κ1) is 12.4. The maximum Gasteiger partial charge on any atom is 0.0250 e. The Morgan fingerprint density at radius 3 is 2.69 bits per heavy atom. The van der Waals surface area contributed by atoms with Gasteiger partial charge in [-0.3, -0.25) is 4.90 Å². The first-order chi connectivity index (χ1) is 7.50. The van der Waals surface area contributed by atoms with E-state index in [1.165, 1.54) is 38.9 Å². The summed E-state index contributed by atoms with van der Waals surface area (Å²) < 4.78 is 0. The second kappa shape index (κ2) is 4.66. The molecular formula is C14H28N2. The molecule has 2 nitrogen and oxygen atoms in total. The first-order valence-electron chi connectivity index (χ1n) is 6.98. The van der Waals surface area contributed by atoms with Crippen LogP contribution in [0.1, 0.15) is 47.0 Å². The molecule has 1 N–H and O–H groups in total. The van der Waals surface area contributed by atoms with E-state index in [0.717, 1.165) is 18.0 Å². The van der Waals surface area contributed by atoms with Gasteiger partial charge in [-0.2, -0.15) is 0 Å². The molecule has 0 amide bonds. The average molecular weight is 224 g/mol. The van der Waals surface area contributed by atoms with Crippen molar-refractivity contribution in [3.63, 3.8) is 0 Å². The van der Waals surface area contributed by atoms with Crippen LogP contribution in [0.4, 0.5) is 0 Å². The molecule has 2 aliphatic rings. The lowest BCUT2D eigenvalue weighted by Crippen LogP contribution is -2.44. The van der Waals surface area contributed by atoms with Crippen molar-refractivity contribution in [2.75, 3.05) is 19.6 Å². The molecule has 0 radical (unpaired) electrons. The van der Waals surface area contributed by atoms with E-state index in [1.807, 2.05) is 0 Å². The predicted octanol–water partition coefficient (Wildman–Crippen LogP) is 2.49. The molecule has 2 heteroatoms. The number of rotatable bonds is 4. The van der Waals surface area contributed by atoms with E-state index in [9.17, 15) is 0 Å². The van der Waals surface area contributed by atoms with Gasteiger partial charge in [-0.1, -0.05) is 27.7 Å². The lowest BCUT2D eigenvalue weighted by molar-refractivity contribution is 0.216. The molecule has 0 aromatic heterocycles. The summed E-state index contributed by atoms with van der Waals surface area (Å²) in [7, 11) is 0. The largest absolute Gasteiger partial charge is 0.312 e. The third-order valence-electron chi connectivity index (χ3n) is 4.99. The molecule has 0 spiro atoms. The van der Waals surface area contributed by atoms with Gasteiger partial charge in [-0.15, -0.1) is 0 Å². The van der Waals surface area contributed by atoms with Gasteiger partial charge in [-0.05, 0) is 37.1 Å². The van der Waals surface area contributed by atoms with Crippen LogP contribution in [-0.4, -0.2) is 36.6 Å². The lowest BCUT2D eigenvalue weighted by Gasteiger charge is -2.32. The maximum absolute atomic E-state index is 3.83. The Hall–Kier alpha value is -0.0800. The number of hydrogen-bond acceptors (Lipinski definition) is 2. The highest BCUT2D eigenvalue weighted by molar-refractivity contribution is 4.96. The van der Waals surface area contributed by atoms with Gasteiger partial charge in [0.15, 0.2) is 0 Å². The fraction of sp³-hybridized carbons (Fsp3) is 1.00. The highest BCUT2D eigenvalue weighted by Crippen LogP contribution is 2.30. The minimum absolute atomic E-state index is 0.423. The van der Waals surface area contributed by atoms with Gasteiger partial charge in [0.2, 0.25) is 0 Å². The van der Waals surface area contributed by atoms with E-state index in [0.29, 0.717) is 5.41 Å². The molecule has 2 aliphatic heterocycles. The van der Waals surface area contributed by atoms with Crippen LogP contribution in [0, 0.1) is 11.3 Å². The smallest absolute Gasteiger partial charge is 0.0250 e. The Bertz CT molecular complexity index is 235. The summed E-state index contributed by atoms with van der Waals surface area (Å²) in [6, 6.07) is 1.61. The molecule has 16 heavy (non-hydrogen) atoms. The average Bonchev–Trinajstić information content (AvgIpc) is 2.76. The number of fused-ring (bicyclic) bond motifs is 1. The Morgan fingerprint density at radius 2 is 2.00 bits per heavy atom. The molecule has 0 saturated carbocycles. The van der Waals surface area contributed by atoms with Crippen LogP contribution in [0.15, 0.2) is 0 Å². The SMILES string of the molecule is CC(C)C(C)(C)CNC1CCN2CCCC12. The minimum atomic E-state index is 0.423. The van der Waals surface area contributed by atoms with Crippen molar-refractivity contribution in [2.24, 2.45) is 11.3 Å². The summed E-state index contributed by atoms with van der Waals surface area (Å²) in [4.78, 5) is 2.68. The van der Waals surface area contributed by atoms with Gasteiger partial charge < -0.3 is 5.32 Å². The summed E-state index contributed by atoms with van der Waals surface area (Å²) >= 11 is 0. The predicted molar refractivity (Wildman–Crippen MR) is 69.6 cm³/mol. The Morgan fingerprint density at radius 1 is 1.25 bits per heavy atom. The standard InChI is InChI=1S/C14H28N2/c1-11(2)14(3,4)10-15-12-7-9-16-8-5-6-13(12)16/h11-13,15H,5-10H2,1-4H3. The summed E-state index contributed by atoms with van der Waals surface area (Å²) in [5, 5.41) is 3.83. The van der Waals surface area contributed by atoms with Crippen LogP contribution >= 0.6 is 0 Å². The van der Waals surface area contributed by atoms with Gasteiger partial charge >= 0.3 is 0 Å². The summed E-state index contributed by atoms with van der Waals surface area (Å²) in [5.74, 6) is 0.751. The van der Waals surface area contributed by atoms with Crippen molar-refractivity contribution in [3.8, 4) is 0 Å². The van der Waals surface area contributed by atoms with Crippen LogP contribution in [0.5, 0.6) is 0 Å². The molecule has 94 valence electrons. The zero-order chi connectivity index (χ0) is 11.8. The number of nitrogens with zero attached hydrogens (tertiary/aromatic N) is 1. The molecule has 2 saturated heterocycles. The second-order valence-electron chi connectivity index (χ2n) is 6.66. The maximum atomic E-state index is 3.83. The molecule has 0 aromatic rings. The Balaban J connectivity index is 1.82. The van der Waals surface area contributed by atoms with Crippen molar-refractivity contribution in [1.29, 1.82) is 0 Å². The van der Waals surface area contributed by atoms with Crippen molar-refractivity contribution >= 4 is 0 Å². The summed E-state index contributed by atoms with van der Waals surface area (Å²) in [5.41, 5.74) is 0.423. The third-order valence-corrected chi connectivity index (χ3v) is 4.99. The Kier molecular flexibility index (Phi) is 3.60. The van der Waals surface area contributed by atoms with E-state index >= 15 is 0 Å². The van der Waals surface area contributed by atoms with Gasteiger partial charge in [-0.25, -0.2) is 0 Å². The van der Waals surface area contributed by atoms with Crippen molar-refractivity contribution in [3.05, 3.63) is 0 Å². The molecule has 2 fully saturated rings. The number of hydrogen-bond donors (Lipinski definition) is 1. The molecule has 2 unspecified atom stereocenters. The van der Waals surface area contributed by atoms with Crippen molar-refractivity contribution in [2.45, 2.75) is 59.0 Å². The van der Waals surface area contributed by atoms with E-state index in [2.05, 4.69) is 37.9 Å². The monoisotopic (exact) mass is 224 g/mol. The van der Waals surface area contributed by atoms with Crippen LogP contribution < -0.4 is 5.32 Å². The van der Waals surface area contributed by atoms with Crippen LogP contribution in [0.3, 0.4) is 0 Å². The van der Waals surface area contributed by atoms with Gasteiger partial charge in [0, 0.05) is 25.2 Å². The first-order valence-corrected chi connectivity index (χ1v) is 6.98. The normalized spacial score (nSPS) is 31.3. The summed E-state index contributed by atoms with van der Waals surface area (Å²) in [6.07, 6.45) is 4.19. The van der Waals surface area contributed by atoms with E-state index < -0.39 is 0 Å². The van der Waals surface area contributed by atoms with Crippen molar-refractivity contribution in [1.82, 2.24) is 10.2 Å². The Labute approximate surface area is 101 Å². The van der Waals surface area contributed by atoms with Gasteiger partial charge in [0.25, 0.3) is 0 Å². The van der Waals surface area contributed by atoms with Gasteiger partial charge in [0.05, 0.1) is 0 Å². The quantitative estimate of drug-likeness (QED) is 0.789. The summed E-state index contributed by atoms with van der Waals surface area (Å²) in [6.45, 7) is 13.3. The molecule has 0 bridgehead atoms. The van der Waals surface area contributed by atoms with E-state index in [1.54, 1.807) is 0 Å². The third kappa shape index (κ3) is 2.43. The lowest BCUT2D eigenvalue weighted by atomic mass is 9.81.